The van der Waals surface area contributed by atoms with Crippen molar-refractivity contribution < 1.29 is 4.79 Å². The summed E-state index contributed by atoms with van der Waals surface area (Å²) in [5.41, 5.74) is 5.11. The van der Waals surface area contributed by atoms with Crippen LogP contribution in [0.1, 0.15) is 35.1 Å². The van der Waals surface area contributed by atoms with Gasteiger partial charge in [-0.1, -0.05) is 36.4 Å². The number of amides is 1. The Bertz CT molecular complexity index is 1030. The maximum Gasteiger partial charge on any atom is 0.224 e. The van der Waals surface area contributed by atoms with Crippen molar-refractivity contribution in [1.29, 1.82) is 5.26 Å². The van der Waals surface area contributed by atoms with E-state index in [4.69, 9.17) is 5.26 Å². The maximum atomic E-state index is 12.3. The normalized spacial score (nSPS) is 15.3. The summed E-state index contributed by atoms with van der Waals surface area (Å²) < 4.78 is 1.77. The van der Waals surface area contributed by atoms with Gasteiger partial charge in [0.25, 0.3) is 0 Å². The SMILES string of the molecule is N#Cc1ccc(Cn2cc(NC(=O)CCC3Cc4ccccc4CN3)cn2)cc1. The lowest BCUT2D eigenvalue weighted by Crippen LogP contribution is -2.36. The van der Waals surface area contributed by atoms with Crippen molar-refractivity contribution in [2.75, 3.05) is 5.32 Å². The predicted molar refractivity (Wildman–Crippen MR) is 111 cm³/mol. The molecule has 0 fully saturated rings. The molecule has 2 aromatic carbocycles. The van der Waals surface area contributed by atoms with Gasteiger partial charge < -0.3 is 10.6 Å². The van der Waals surface area contributed by atoms with Gasteiger partial charge in [-0.15, -0.1) is 0 Å². The minimum atomic E-state index is 0.00332. The number of hydrogen-bond acceptors (Lipinski definition) is 4. The molecule has 1 aliphatic heterocycles. The van der Waals surface area contributed by atoms with Crippen LogP contribution in [0, 0.1) is 11.3 Å². The average Bonchev–Trinajstić information content (AvgIpc) is 3.19. The van der Waals surface area contributed by atoms with Crippen LogP contribution in [0.3, 0.4) is 0 Å². The lowest BCUT2D eigenvalue weighted by Gasteiger charge is -2.25. The highest BCUT2D eigenvalue weighted by Crippen LogP contribution is 2.19. The largest absolute Gasteiger partial charge is 0.323 e. The zero-order valence-corrected chi connectivity index (χ0v) is 16.1. The van der Waals surface area contributed by atoms with Gasteiger partial charge in [0.05, 0.1) is 30.1 Å². The number of aromatic nitrogens is 2. The second kappa shape index (κ2) is 8.72. The Balaban J connectivity index is 1.25. The molecule has 2 N–H and O–H groups in total. The summed E-state index contributed by atoms with van der Waals surface area (Å²) in [4.78, 5) is 12.3. The number of benzene rings is 2. The standard InChI is InChI=1S/C23H23N5O/c24-12-17-5-7-18(8-6-17)15-28-16-22(14-26-28)27-23(29)10-9-21-11-19-3-1-2-4-20(19)13-25-21/h1-8,14,16,21,25H,9-11,13,15H2,(H,27,29). The Kier molecular flexibility index (Phi) is 5.68. The summed E-state index contributed by atoms with van der Waals surface area (Å²) >= 11 is 0. The van der Waals surface area contributed by atoms with E-state index in [9.17, 15) is 4.79 Å². The second-order valence-corrected chi connectivity index (χ2v) is 7.37. The Hall–Kier alpha value is -3.43. The first kappa shape index (κ1) is 18.9. The molecule has 0 radical (unpaired) electrons. The molecule has 146 valence electrons. The molecule has 1 aliphatic rings. The van der Waals surface area contributed by atoms with Gasteiger partial charge >= 0.3 is 0 Å². The number of nitrogens with one attached hydrogen (secondary N) is 2. The summed E-state index contributed by atoms with van der Waals surface area (Å²) in [6.45, 7) is 1.46. The van der Waals surface area contributed by atoms with E-state index in [2.05, 4.69) is 46.1 Å². The monoisotopic (exact) mass is 385 g/mol. The number of nitrogens with zero attached hydrogens (tertiary/aromatic N) is 3. The van der Waals surface area contributed by atoms with E-state index < -0.39 is 0 Å². The van der Waals surface area contributed by atoms with Crippen molar-refractivity contribution in [3.8, 4) is 6.07 Å². The molecule has 1 atom stereocenters. The van der Waals surface area contributed by atoms with Crippen molar-refractivity contribution in [3.63, 3.8) is 0 Å². The molecule has 1 aromatic heterocycles. The molecule has 0 spiro atoms. The molecular weight excluding hydrogens is 362 g/mol. The van der Waals surface area contributed by atoms with Crippen LogP contribution in [0.2, 0.25) is 0 Å². The van der Waals surface area contributed by atoms with Gasteiger partial charge in [0.2, 0.25) is 5.91 Å². The van der Waals surface area contributed by atoms with E-state index in [-0.39, 0.29) is 5.91 Å². The molecule has 1 amide bonds. The zero-order valence-electron chi connectivity index (χ0n) is 16.1. The van der Waals surface area contributed by atoms with Crippen LogP contribution in [0.25, 0.3) is 0 Å². The quantitative estimate of drug-likeness (QED) is 0.682. The van der Waals surface area contributed by atoms with Crippen molar-refractivity contribution >= 4 is 11.6 Å². The van der Waals surface area contributed by atoms with Crippen LogP contribution in [0.5, 0.6) is 0 Å². The van der Waals surface area contributed by atoms with Gasteiger partial charge in [0, 0.05) is 25.2 Å². The lowest BCUT2D eigenvalue weighted by molar-refractivity contribution is -0.116. The van der Waals surface area contributed by atoms with E-state index in [0.717, 1.165) is 24.9 Å². The fourth-order valence-electron chi connectivity index (χ4n) is 3.64. The first-order chi connectivity index (χ1) is 14.2. The molecule has 0 bridgehead atoms. The van der Waals surface area contributed by atoms with E-state index in [1.54, 1.807) is 23.0 Å². The number of carbonyl (C=O) groups is 1. The first-order valence-corrected chi connectivity index (χ1v) is 9.81. The number of nitriles is 1. The van der Waals surface area contributed by atoms with Crippen molar-refractivity contribution in [2.24, 2.45) is 0 Å². The third-order valence-electron chi connectivity index (χ3n) is 5.23. The number of carbonyl (C=O) groups excluding carboxylic acids is 1. The first-order valence-electron chi connectivity index (χ1n) is 9.81. The predicted octanol–water partition coefficient (Wildman–Crippen LogP) is 3.24. The van der Waals surface area contributed by atoms with Gasteiger partial charge in [0.1, 0.15) is 0 Å². The van der Waals surface area contributed by atoms with Crippen LogP contribution in [0.4, 0.5) is 5.69 Å². The van der Waals surface area contributed by atoms with Crippen LogP contribution < -0.4 is 10.6 Å². The lowest BCUT2D eigenvalue weighted by atomic mass is 9.93. The van der Waals surface area contributed by atoms with Gasteiger partial charge in [-0.3, -0.25) is 9.48 Å². The van der Waals surface area contributed by atoms with Crippen LogP contribution in [0.15, 0.2) is 60.9 Å². The van der Waals surface area contributed by atoms with E-state index >= 15 is 0 Å². The maximum absolute atomic E-state index is 12.3. The molecule has 0 saturated heterocycles. The molecule has 0 aliphatic carbocycles. The Labute approximate surface area is 170 Å². The molecular formula is C23H23N5O. The summed E-state index contributed by atoms with van der Waals surface area (Å²) in [7, 11) is 0. The third kappa shape index (κ3) is 4.89. The van der Waals surface area contributed by atoms with Gasteiger partial charge in [0.15, 0.2) is 0 Å². The Morgan fingerprint density at radius 1 is 1.21 bits per heavy atom. The number of anilines is 1. The van der Waals surface area contributed by atoms with Crippen molar-refractivity contribution in [3.05, 3.63) is 83.2 Å². The van der Waals surface area contributed by atoms with Gasteiger partial charge in [-0.2, -0.15) is 10.4 Å². The fraction of sp³-hybridized carbons (Fsp3) is 0.261. The Morgan fingerprint density at radius 3 is 2.79 bits per heavy atom. The van der Waals surface area contributed by atoms with Crippen molar-refractivity contribution in [2.45, 2.75) is 38.4 Å². The summed E-state index contributed by atoms with van der Waals surface area (Å²) in [6.07, 6.45) is 5.73. The molecule has 3 aromatic rings. The average molecular weight is 385 g/mol. The van der Waals surface area contributed by atoms with Crippen LogP contribution in [-0.2, 0) is 24.3 Å². The molecule has 6 nitrogen and oxygen atoms in total. The van der Waals surface area contributed by atoms with Crippen LogP contribution in [-0.4, -0.2) is 21.7 Å². The summed E-state index contributed by atoms with van der Waals surface area (Å²) in [6, 6.07) is 18.3. The third-order valence-corrected chi connectivity index (χ3v) is 5.23. The summed E-state index contributed by atoms with van der Waals surface area (Å²) in [5, 5.41) is 19.6. The number of hydrogen-bond donors (Lipinski definition) is 2. The van der Waals surface area contributed by atoms with E-state index in [1.165, 1.54) is 11.1 Å². The highest BCUT2D eigenvalue weighted by molar-refractivity contribution is 5.90. The van der Waals surface area contributed by atoms with Gasteiger partial charge in [-0.25, -0.2) is 0 Å². The molecule has 4 rings (SSSR count). The van der Waals surface area contributed by atoms with Crippen molar-refractivity contribution in [1.82, 2.24) is 15.1 Å². The molecule has 6 heteroatoms. The summed E-state index contributed by atoms with van der Waals surface area (Å²) in [5.74, 6) is 0.00332. The minimum absolute atomic E-state index is 0.00332. The fourth-order valence-corrected chi connectivity index (χ4v) is 3.64. The molecule has 0 saturated carbocycles. The number of rotatable bonds is 6. The van der Waals surface area contributed by atoms with Crippen LogP contribution >= 0.6 is 0 Å². The molecule has 29 heavy (non-hydrogen) atoms. The zero-order chi connectivity index (χ0) is 20.1. The Morgan fingerprint density at radius 2 is 2.00 bits per heavy atom. The molecule has 1 unspecified atom stereocenters. The van der Waals surface area contributed by atoms with Gasteiger partial charge in [-0.05, 0) is 41.7 Å². The number of fused-ring (bicyclic) bond motifs is 1. The smallest absolute Gasteiger partial charge is 0.224 e. The topological polar surface area (TPSA) is 82.7 Å². The van der Waals surface area contributed by atoms with E-state index in [0.29, 0.717) is 30.3 Å². The molecule has 2 heterocycles. The highest BCUT2D eigenvalue weighted by Gasteiger charge is 2.18. The highest BCUT2D eigenvalue weighted by atomic mass is 16.1. The minimum Gasteiger partial charge on any atom is -0.323 e. The second-order valence-electron chi connectivity index (χ2n) is 7.37. The van der Waals surface area contributed by atoms with E-state index in [1.807, 2.05) is 18.3 Å².